The standard InChI is InChI=1S/C20H25F5/c1-2-3-4-5-14-6-8-15(9-7-14)10-11-16-12-17(21)19(18(22)13-16)20(23,24)25/h3-4,12-15H,2,5-11H2,1H3/b4-3+. The lowest BCUT2D eigenvalue weighted by molar-refractivity contribution is -0.142. The molecule has 1 fully saturated rings. The van der Waals surface area contributed by atoms with E-state index in [0.717, 1.165) is 57.1 Å². The van der Waals surface area contributed by atoms with Gasteiger partial charge in [-0.3, -0.25) is 0 Å². The average Bonchev–Trinajstić information content (AvgIpc) is 2.52. The van der Waals surface area contributed by atoms with Gasteiger partial charge in [-0.25, -0.2) is 8.78 Å². The minimum atomic E-state index is -5.00. The molecule has 0 aliphatic heterocycles. The third-order valence-electron chi connectivity index (χ3n) is 5.06. The van der Waals surface area contributed by atoms with Crippen molar-refractivity contribution < 1.29 is 22.0 Å². The van der Waals surface area contributed by atoms with Gasteiger partial charge >= 0.3 is 6.18 Å². The minimum absolute atomic E-state index is 0.302. The number of hydrogen-bond acceptors (Lipinski definition) is 0. The fraction of sp³-hybridized carbons (Fsp3) is 0.600. The highest BCUT2D eigenvalue weighted by Gasteiger charge is 2.37. The molecular formula is C20H25F5. The molecule has 1 aromatic carbocycles. The van der Waals surface area contributed by atoms with Crippen LogP contribution in [0.2, 0.25) is 0 Å². The summed E-state index contributed by atoms with van der Waals surface area (Å²) in [5.41, 5.74) is -1.49. The van der Waals surface area contributed by atoms with E-state index in [1.165, 1.54) is 0 Å². The smallest absolute Gasteiger partial charge is 0.206 e. The van der Waals surface area contributed by atoms with Crippen LogP contribution in [0.4, 0.5) is 22.0 Å². The van der Waals surface area contributed by atoms with E-state index >= 15 is 0 Å². The Morgan fingerprint density at radius 3 is 2.04 bits per heavy atom. The predicted octanol–water partition coefficient (Wildman–Crippen LogP) is 7.08. The summed E-state index contributed by atoms with van der Waals surface area (Å²) in [6.07, 6.45) is 7.20. The van der Waals surface area contributed by atoms with Crippen LogP contribution >= 0.6 is 0 Å². The first-order valence-electron chi connectivity index (χ1n) is 9.01. The topological polar surface area (TPSA) is 0 Å². The summed E-state index contributed by atoms with van der Waals surface area (Å²) < 4.78 is 65.0. The lowest BCUT2D eigenvalue weighted by atomic mass is 9.78. The third-order valence-corrected chi connectivity index (χ3v) is 5.06. The molecule has 0 spiro atoms. The fourth-order valence-electron chi connectivity index (χ4n) is 3.62. The fourth-order valence-corrected chi connectivity index (χ4v) is 3.62. The van der Waals surface area contributed by atoms with Crippen molar-refractivity contribution in [3.8, 4) is 0 Å². The number of allylic oxidation sites excluding steroid dienone is 2. The highest BCUT2D eigenvalue weighted by molar-refractivity contribution is 5.28. The molecule has 0 nitrogen and oxygen atoms in total. The largest absolute Gasteiger partial charge is 0.422 e. The van der Waals surface area contributed by atoms with Gasteiger partial charge in [-0.15, -0.1) is 0 Å². The molecule has 1 aromatic rings. The quantitative estimate of drug-likeness (QED) is 0.376. The van der Waals surface area contributed by atoms with Crippen molar-refractivity contribution >= 4 is 0 Å². The molecule has 0 amide bonds. The van der Waals surface area contributed by atoms with E-state index in [9.17, 15) is 22.0 Å². The second-order valence-corrected chi connectivity index (χ2v) is 6.97. The maximum atomic E-state index is 13.6. The maximum Gasteiger partial charge on any atom is 0.422 e. The minimum Gasteiger partial charge on any atom is -0.206 e. The summed E-state index contributed by atoms with van der Waals surface area (Å²) in [5, 5.41) is 0. The first kappa shape index (κ1) is 19.9. The number of hydrogen-bond donors (Lipinski definition) is 0. The normalized spacial score (nSPS) is 21.8. The Labute approximate surface area is 146 Å². The molecule has 0 bridgehead atoms. The van der Waals surface area contributed by atoms with Crippen LogP contribution < -0.4 is 0 Å². The highest BCUT2D eigenvalue weighted by Crippen LogP contribution is 2.36. The van der Waals surface area contributed by atoms with Crippen molar-refractivity contribution in [2.45, 2.75) is 64.5 Å². The Morgan fingerprint density at radius 1 is 0.960 bits per heavy atom. The van der Waals surface area contributed by atoms with Crippen LogP contribution in [-0.2, 0) is 12.6 Å². The second kappa shape index (κ2) is 8.81. The number of rotatable bonds is 6. The lowest BCUT2D eigenvalue weighted by Crippen LogP contribution is -2.15. The van der Waals surface area contributed by atoms with Crippen LogP contribution in [0.15, 0.2) is 24.3 Å². The van der Waals surface area contributed by atoms with Crippen LogP contribution in [0.25, 0.3) is 0 Å². The number of alkyl halides is 3. The molecule has 0 atom stereocenters. The van der Waals surface area contributed by atoms with E-state index in [-0.39, 0.29) is 0 Å². The molecule has 1 saturated carbocycles. The third kappa shape index (κ3) is 5.82. The van der Waals surface area contributed by atoms with Crippen molar-refractivity contribution in [1.29, 1.82) is 0 Å². The van der Waals surface area contributed by atoms with Gasteiger partial charge in [0, 0.05) is 0 Å². The van der Waals surface area contributed by atoms with E-state index in [1.54, 1.807) is 0 Å². The van der Waals surface area contributed by atoms with Crippen molar-refractivity contribution in [3.63, 3.8) is 0 Å². The molecule has 0 saturated heterocycles. The highest BCUT2D eigenvalue weighted by atomic mass is 19.4. The predicted molar refractivity (Wildman–Crippen MR) is 89.2 cm³/mol. The Kier molecular flexibility index (Phi) is 7.03. The lowest BCUT2D eigenvalue weighted by Gasteiger charge is -2.28. The first-order chi connectivity index (χ1) is 11.8. The van der Waals surface area contributed by atoms with Crippen molar-refractivity contribution in [2.24, 2.45) is 11.8 Å². The molecule has 25 heavy (non-hydrogen) atoms. The zero-order valence-corrected chi connectivity index (χ0v) is 14.5. The van der Waals surface area contributed by atoms with E-state index in [0.29, 0.717) is 23.8 Å². The summed E-state index contributed by atoms with van der Waals surface area (Å²) in [4.78, 5) is 0. The van der Waals surface area contributed by atoms with Crippen molar-refractivity contribution in [1.82, 2.24) is 0 Å². The van der Waals surface area contributed by atoms with Gasteiger partial charge in [-0.1, -0.05) is 31.9 Å². The summed E-state index contributed by atoms with van der Waals surface area (Å²) >= 11 is 0. The van der Waals surface area contributed by atoms with Gasteiger partial charge in [0.1, 0.15) is 17.2 Å². The van der Waals surface area contributed by atoms with Gasteiger partial charge < -0.3 is 0 Å². The van der Waals surface area contributed by atoms with Gasteiger partial charge in [-0.2, -0.15) is 13.2 Å². The molecule has 5 heteroatoms. The van der Waals surface area contributed by atoms with Crippen LogP contribution in [0, 0.1) is 23.5 Å². The Balaban J connectivity index is 1.86. The zero-order valence-electron chi connectivity index (χ0n) is 14.5. The van der Waals surface area contributed by atoms with Crippen LogP contribution in [0.1, 0.15) is 63.0 Å². The summed E-state index contributed by atoms with van der Waals surface area (Å²) in [6, 6.07) is 1.65. The maximum absolute atomic E-state index is 13.6. The van der Waals surface area contributed by atoms with E-state index in [1.807, 2.05) is 0 Å². The van der Waals surface area contributed by atoms with Crippen LogP contribution in [0.5, 0.6) is 0 Å². The summed E-state index contributed by atoms with van der Waals surface area (Å²) in [7, 11) is 0. The summed E-state index contributed by atoms with van der Waals surface area (Å²) in [6.45, 7) is 2.11. The van der Waals surface area contributed by atoms with Crippen molar-refractivity contribution in [2.75, 3.05) is 0 Å². The molecule has 1 aliphatic rings. The van der Waals surface area contributed by atoms with Gasteiger partial charge in [0.05, 0.1) is 0 Å². The van der Waals surface area contributed by atoms with E-state index in [4.69, 9.17) is 0 Å². The second-order valence-electron chi connectivity index (χ2n) is 6.97. The Morgan fingerprint density at radius 2 is 1.52 bits per heavy atom. The zero-order chi connectivity index (χ0) is 18.4. The van der Waals surface area contributed by atoms with Crippen LogP contribution in [0.3, 0.4) is 0 Å². The molecule has 0 radical (unpaired) electrons. The van der Waals surface area contributed by atoms with E-state index in [2.05, 4.69) is 19.1 Å². The van der Waals surface area contributed by atoms with E-state index < -0.39 is 23.4 Å². The number of halogens is 5. The van der Waals surface area contributed by atoms with Crippen LogP contribution in [-0.4, -0.2) is 0 Å². The molecule has 1 aliphatic carbocycles. The molecule has 2 rings (SSSR count). The molecule has 0 N–H and O–H groups in total. The van der Waals surface area contributed by atoms with Gasteiger partial charge in [-0.05, 0) is 68.1 Å². The molecule has 140 valence electrons. The monoisotopic (exact) mass is 360 g/mol. The number of benzene rings is 1. The Hall–Kier alpha value is -1.39. The Bertz CT molecular complexity index is 557. The van der Waals surface area contributed by atoms with Gasteiger partial charge in [0.2, 0.25) is 0 Å². The molecule has 0 aromatic heterocycles. The average molecular weight is 360 g/mol. The van der Waals surface area contributed by atoms with Gasteiger partial charge in [0.15, 0.2) is 0 Å². The van der Waals surface area contributed by atoms with Gasteiger partial charge in [0.25, 0.3) is 0 Å². The molecule has 0 unspecified atom stereocenters. The molecular weight excluding hydrogens is 335 g/mol. The number of aryl methyl sites for hydroxylation is 1. The van der Waals surface area contributed by atoms with Crippen molar-refractivity contribution in [3.05, 3.63) is 47.0 Å². The first-order valence-corrected chi connectivity index (χ1v) is 9.01. The SMILES string of the molecule is CC/C=C/CC1CCC(CCc2cc(F)c(C(F)(F)F)c(F)c2)CC1. The summed E-state index contributed by atoms with van der Waals surface area (Å²) in [5.74, 6) is -1.84. The molecule has 0 heterocycles.